The number of nitrogens with zero attached hydrogens (tertiary/aromatic N) is 1. The predicted octanol–water partition coefficient (Wildman–Crippen LogP) is 5.34. The number of nitrogens with one attached hydrogen (secondary N) is 1. The molecule has 1 atom stereocenters. The van der Waals surface area contributed by atoms with E-state index in [1.165, 1.54) is 12.1 Å². The minimum absolute atomic E-state index is 0.128. The summed E-state index contributed by atoms with van der Waals surface area (Å²) in [7, 11) is 0. The molecule has 1 heterocycles. The summed E-state index contributed by atoms with van der Waals surface area (Å²) in [6, 6.07) is 10.9. The molecular weight excluding hydrogens is 400 g/mol. The normalized spacial score (nSPS) is 12.6. The zero-order valence-electron chi connectivity index (χ0n) is 14.1. The van der Waals surface area contributed by atoms with E-state index in [0.717, 1.165) is 6.07 Å². The van der Waals surface area contributed by atoms with Gasteiger partial charge in [0.1, 0.15) is 11.9 Å². The van der Waals surface area contributed by atoms with Crippen molar-refractivity contribution in [3.63, 3.8) is 0 Å². The van der Waals surface area contributed by atoms with Crippen molar-refractivity contribution in [3.8, 4) is 11.3 Å². The van der Waals surface area contributed by atoms with Crippen LogP contribution in [-0.2, 0) is 22.1 Å². The smallest absolute Gasteiger partial charge is 0.419 e. The maximum atomic E-state index is 13.5. The lowest BCUT2D eigenvalue weighted by Crippen LogP contribution is -2.08. The van der Waals surface area contributed by atoms with Crippen LogP contribution < -0.4 is 0 Å². The van der Waals surface area contributed by atoms with Gasteiger partial charge < -0.3 is 4.74 Å². The molecule has 146 valence electrons. The highest BCUT2D eigenvalue weighted by molar-refractivity contribution is 6.30. The fourth-order valence-electron chi connectivity index (χ4n) is 2.73. The lowest BCUT2D eigenvalue weighted by Gasteiger charge is -2.14. The second-order valence-electron chi connectivity index (χ2n) is 5.95. The predicted molar refractivity (Wildman–Crippen MR) is 94.0 cm³/mol. The Hall–Kier alpha value is -2.87. The van der Waals surface area contributed by atoms with Crippen molar-refractivity contribution >= 4 is 18.1 Å². The molecule has 0 aliphatic heterocycles. The molecule has 2 aromatic carbocycles. The second-order valence-corrected chi connectivity index (χ2v) is 6.38. The van der Waals surface area contributed by atoms with E-state index in [9.17, 15) is 22.4 Å². The molecule has 0 radical (unpaired) electrons. The largest absolute Gasteiger partial charge is 0.459 e. The SMILES string of the molecule is O=COC(Cc1cc(-c2ccc(F)c(C(F)(F)F)c2)[nH]n1)c1cccc(Cl)c1. The van der Waals surface area contributed by atoms with Gasteiger partial charge in [0.2, 0.25) is 0 Å². The third kappa shape index (κ3) is 4.51. The Morgan fingerprint density at radius 3 is 2.64 bits per heavy atom. The topological polar surface area (TPSA) is 55.0 Å². The molecular formula is C19H13ClF4N2O2. The van der Waals surface area contributed by atoms with Gasteiger partial charge in [-0.25, -0.2) is 4.39 Å². The summed E-state index contributed by atoms with van der Waals surface area (Å²) < 4.78 is 57.2. The number of hydrogen-bond acceptors (Lipinski definition) is 3. The number of aromatic amines is 1. The maximum absolute atomic E-state index is 13.5. The highest BCUT2D eigenvalue weighted by Gasteiger charge is 2.34. The van der Waals surface area contributed by atoms with Gasteiger partial charge in [0.05, 0.1) is 17.0 Å². The monoisotopic (exact) mass is 412 g/mol. The highest BCUT2D eigenvalue weighted by atomic mass is 35.5. The summed E-state index contributed by atoms with van der Waals surface area (Å²) in [5.41, 5.74) is 0.131. The number of rotatable bonds is 6. The van der Waals surface area contributed by atoms with Crippen molar-refractivity contribution in [2.45, 2.75) is 18.7 Å². The Morgan fingerprint density at radius 1 is 1.18 bits per heavy atom. The first-order valence-electron chi connectivity index (χ1n) is 8.04. The van der Waals surface area contributed by atoms with Crippen molar-refractivity contribution in [2.75, 3.05) is 0 Å². The summed E-state index contributed by atoms with van der Waals surface area (Å²) in [5, 5.41) is 7.13. The molecule has 1 aromatic heterocycles. The quantitative estimate of drug-likeness (QED) is 0.439. The van der Waals surface area contributed by atoms with E-state index in [2.05, 4.69) is 10.2 Å². The van der Waals surface area contributed by atoms with Crippen LogP contribution in [0, 0.1) is 5.82 Å². The van der Waals surface area contributed by atoms with Gasteiger partial charge in [-0.3, -0.25) is 9.89 Å². The van der Waals surface area contributed by atoms with Gasteiger partial charge in [-0.15, -0.1) is 0 Å². The van der Waals surface area contributed by atoms with Gasteiger partial charge >= 0.3 is 6.18 Å². The van der Waals surface area contributed by atoms with Crippen LogP contribution in [0.4, 0.5) is 17.6 Å². The van der Waals surface area contributed by atoms with Crippen LogP contribution in [0.1, 0.15) is 22.9 Å². The first-order chi connectivity index (χ1) is 13.3. The molecule has 0 amide bonds. The van der Waals surface area contributed by atoms with Crippen LogP contribution in [0.25, 0.3) is 11.3 Å². The van der Waals surface area contributed by atoms with Crippen LogP contribution in [0.3, 0.4) is 0 Å². The minimum Gasteiger partial charge on any atom is -0.459 e. The standard InChI is InChI=1S/C19H13ClF4N2O2/c20-13-3-1-2-12(6-13)18(28-10-27)9-14-8-17(26-25-14)11-4-5-16(21)15(7-11)19(22,23)24/h1-8,10,18H,9H2,(H,25,26). The van der Waals surface area contributed by atoms with Gasteiger partial charge in [0, 0.05) is 17.0 Å². The fourth-order valence-corrected chi connectivity index (χ4v) is 2.93. The Labute approximate surface area is 162 Å². The van der Waals surface area contributed by atoms with Crippen molar-refractivity contribution in [1.82, 2.24) is 10.2 Å². The van der Waals surface area contributed by atoms with Crippen molar-refractivity contribution < 1.29 is 27.1 Å². The molecule has 0 bridgehead atoms. The van der Waals surface area contributed by atoms with E-state index >= 15 is 0 Å². The van der Waals surface area contributed by atoms with Crippen LogP contribution in [0.15, 0.2) is 48.5 Å². The van der Waals surface area contributed by atoms with Crippen LogP contribution in [0.5, 0.6) is 0 Å². The van der Waals surface area contributed by atoms with Gasteiger partial charge in [0.15, 0.2) is 0 Å². The average molecular weight is 413 g/mol. The third-order valence-electron chi connectivity index (χ3n) is 4.05. The van der Waals surface area contributed by atoms with Crippen molar-refractivity contribution in [3.05, 3.63) is 76.2 Å². The summed E-state index contributed by atoms with van der Waals surface area (Å²) in [6.07, 6.45) is -5.31. The number of carbonyl (C=O) groups is 1. The van der Waals surface area contributed by atoms with E-state index in [4.69, 9.17) is 16.3 Å². The molecule has 0 saturated heterocycles. The van der Waals surface area contributed by atoms with Crippen molar-refractivity contribution in [1.29, 1.82) is 0 Å². The molecule has 9 heteroatoms. The molecule has 1 unspecified atom stereocenters. The molecule has 3 rings (SSSR count). The molecule has 0 saturated carbocycles. The minimum atomic E-state index is -4.81. The zero-order chi connectivity index (χ0) is 20.3. The van der Waals surface area contributed by atoms with Gasteiger partial charge in [-0.1, -0.05) is 23.7 Å². The molecule has 1 N–H and O–H groups in total. The first kappa shape index (κ1) is 19.9. The van der Waals surface area contributed by atoms with Crippen molar-refractivity contribution in [2.24, 2.45) is 0 Å². The molecule has 0 aliphatic rings. The van der Waals surface area contributed by atoms with E-state index in [1.54, 1.807) is 24.3 Å². The number of benzene rings is 2. The van der Waals surface area contributed by atoms with E-state index < -0.39 is 23.7 Å². The molecule has 3 aromatic rings. The first-order valence-corrected chi connectivity index (χ1v) is 8.41. The van der Waals surface area contributed by atoms with Crippen LogP contribution >= 0.6 is 11.6 Å². The number of hydrogen-bond donors (Lipinski definition) is 1. The zero-order valence-corrected chi connectivity index (χ0v) is 14.9. The second kappa shape index (κ2) is 8.02. The number of carbonyl (C=O) groups excluding carboxylic acids is 1. The fraction of sp³-hybridized carbons (Fsp3) is 0.158. The summed E-state index contributed by atoms with van der Waals surface area (Å²) in [6.45, 7) is 0.300. The summed E-state index contributed by atoms with van der Waals surface area (Å²) in [4.78, 5) is 10.8. The molecule has 0 fully saturated rings. The molecule has 0 spiro atoms. The lowest BCUT2D eigenvalue weighted by atomic mass is 10.0. The third-order valence-corrected chi connectivity index (χ3v) is 4.28. The van der Waals surface area contributed by atoms with E-state index in [0.29, 0.717) is 28.8 Å². The van der Waals surface area contributed by atoms with Gasteiger partial charge in [-0.05, 0) is 42.0 Å². The van der Waals surface area contributed by atoms with E-state index in [1.807, 2.05) is 0 Å². The highest BCUT2D eigenvalue weighted by Crippen LogP contribution is 2.34. The molecule has 28 heavy (non-hydrogen) atoms. The Kier molecular flexibility index (Phi) is 5.69. The number of ether oxygens (including phenoxy) is 1. The molecule has 0 aliphatic carbocycles. The summed E-state index contributed by atoms with van der Waals surface area (Å²) in [5.74, 6) is -1.35. The average Bonchev–Trinajstić information content (AvgIpc) is 3.09. The number of aromatic nitrogens is 2. The number of H-pyrrole nitrogens is 1. The molecule has 4 nitrogen and oxygen atoms in total. The Morgan fingerprint density at radius 2 is 1.96 bits per heavy atom. The lowest BCUT2D eigenvalue weighted by molar-refractivity contribution is -0.140. The number of alkyl halides is 3. The summed E-state index contributed by atoms with van der Waals surface area (Å²) >= 11 is 5.95. The van der Waals surface area contributed by atoms with Crippen LogP contribution in [0.2, 0.25) is 5.02 Å². The number of halogens is 5. The maximum Gasteiger partial charge on any atom is 0.419 e. The van der Waals surface area contributed by atoms with Gasteiger partial charge in [-0.2, -0.15) is 18.3 Å². The van der Waals surface area contributed by atoms with E-state index in [-0.39, 0.29) is 17.7 Å². The van der Waals surface area contributed by atoms with Crippen LogP contribution in [-0.4, -0.2) is 16.7 Å². The Balaban J connectivity index is 1.86. The Bertz CT molecular complexity index is 988. The van der Waals surface area contributed by atoms with Gasteiger partial charge in [0.25, 0.3) is 6.47 Å².